The lowest BCUT2D eigenvalue weighted by Gasteiger charge is -2.10. The molecule has 0 radical (unpaired) electrons. The third-order valence-corrected chi connectivity index (χ3v) is 4.85. The van der Waals surface area contributed by atoms with Gasteiger partial charge < -0.3 is 10.1 Å². The molecule has 29 heavy (non-hydrogen) atoms. The highest BCUT2D eigenvalue weighted by Gasteiger charge is 2.12. The number of ether oxygens (including phenoxy) is 1. The van der Waals surface area contributed by atoms with Gasteiger partial charge in [-0.25, -0.2) is 4.52 Å². The van der Waals surface area contributed by atoms with Crippen LogP contribution in [-0.2, 0) is 6.54 Å². The van der Waals surface area contributed by atoms with Crippen molar-refractivity contribution in [1.82, 2.24) is 19.9 Å². The molecule has 4 aromatic rings. The van der Waals surface area contributed by atoms with Gasteiger partial charge in [0.1, 0.15) is 5.75 Å². The number of nitrogens with zero attached hydrogens (tertiary/aromatic N) is 3. The van der Waals surface area contributed by atoms with Crippen LogP contribution in [0.4, 0.5) is 0 Å². The minimum Gasteiger partial charge on any atom is -0.497 e. The number of hydrogen-bond donors (Lipinski definition) is 1. The van der Waals surface area contributed by atoms with E-state index < -0.39 is 0 Å². The Morgan fingerprint density at radius 3 is 2.72 bits per heavy atom. The predicted octanol–water partition coefficient (Wildman–Crippen LogP) is 3.95. The molecule has 0 aliphatic rings. The molecule has 6 nitrogen and oxygen atoms in total. The van der Waals surface area contributed by atoms with E-state index >= 15 is 0 Å². The maximum atomic E-state index is 12.5. The number of aromatic nitrogens is 3. The topological polar surface area (TPSA) is 68.5 Å². The van der Waals surface area contributed by atoms with Crippen molar-refractivity contribution in [2.45, 2.75) is 20.4 Å². The van der Waals surface area contributed by atoms with Crippen molar-refractivity contribution in [3.05, 3.63) is 83.4 Å². The van der Waals surface area contributed by atoms with Crippen LogP contribution in [-0.4, -0.2) is 27.6 Å². The first kappa shape index (κ1) is 18.7. The average Bonchev–Trinajstić information content (AvgIpc) is 3.15. The Morgan fingerprint density at radius 2 is 1.97 bits per heavy atom. The van der Waals surface area contributed by atoms with Gasteiger partial charge in [0.15, 0.2) is 5.69 Å². The molecular weight excluding hydrogens is 364 g/mol. The zero-order valence-corrected chi connectivity index (χ0v) is 16.6. The first-order valence-electron chi connectivity index (χ1n) is 9.37. The lowest BCUT2D eigenvalue weighted by molar-refractivity contribution is 0.0945. The van der Waals surface area contributed by atoms with E-state index in [0.717, 1.165) is 33.7 Å². The van der Waals surface area contributed by atoms with Crippen molar-refractivity contribution in [2.24, 2.45) is 0 Å². The van der Waals surface area contributed by atoms with Gasteiger partial charge in [-0.3, -0.25) is 9.78 Å². The van der Waals surface area contributed by atoms with Crippen molar-refractivity contribution >= 4 is 11.4 Å². The second-order valence-electron chi connectivity index (χ2n) is 6.98. The molecule has 3 heterocycles. The first-order valence-corrected chi connectivity index (χ1v) is 9.37. The Balaban J connectivity index is 1.47. The lowest BCUT2D eigenvalue weighted by atomic mass is 9.98. The fourth-order valence-electron chi connectivity index (χ4n) is 3.36. The van der Waals surface area contributed by atoms with Crippen molar-refractivity contribution in [3.8, 4) is 16.9 Å². The number of aryl methyl sites for hydroxylation is 2. The summed E-state index contributed by atoms with van der Waals surface area (Å²) in [4.78, 5) is 16.8. The molecule has 146 valence electrons. The maximum absolute atomic E-state index is 12.5. The number of methoxy groups -OCH3 is 1. The summed E-state index contributed by atoms with van der Waals surface area (Å²) in [5.74, 6) is 0.517. The smallest absolute Gasteiger partial charge is 0.272 e. The highest BCUT2D eigenvalue weighted by atomic mass is 16.5. The van der Waals surface area contributed by atoms with Gasteiger partial charge in [0.05, 0.1) is 12.6 Å². The largest absolute Gasteiger partial charge is 0.497 e. The van der Waals surface area contributed by atoms with Crippen LogP contribution in [0.25, 0.3) is 16.6 Å². The second-order valence-corrected chi connectivity index (χ2v) is 6.98. The summed E-state index contributed by atoms with van der Waals surface area (Å²) in [6, 6.07) is 15.7. The molecule has 6 heteroatoms. The molecule has 4 rings (SSSR count). The SMILES string of the molecule is COc1ccn2nc(C(=O)NCc3ccc(-c4ccnc(C)c4)c(C)c3)cc2c1. The Labute approximate surface area is 169 Å². The molecule has 0 bridgehead atoms. The van der Waals surface area contributed by atoms with Crippen LogP contribution in [0.2, 0.25) is 0 Å². The summed E-state index contributed by atoms with van der Waals surface area (Å²) in [6.45, 7) is 4.50. The molecule has 0 unspecified atom stereocenters. The number of carbonyl (C=O) groups excluding carboxylic acids is 1. The summed E-state index contributed by atoms with van der Waals surface area (Å²) in [5, 5.41) is 7.27. The molecule has 0 aliphatic heterocycles. The van der Waals surface area contributed by atoms with Crippen LogP contribution >= 0.6 is 0 Å². The van der Waals surface area contributed by atoms with Crippen LogP contribution in [0.1, 0.15) is 27.3 Å². The summed E-state index contributed by atoms with van der Waals surface area (Å²) in [6.07, 6.45) is 3.59. The van der Waals surface area contributed by atoms with Gasteiger partial charge in [0, 0.05) is 30.7 Å². The quantitative estimate of drug-likeness (QED) is 0.564. The Kier molecular flexibility index (Phi) is 4.99. The highest BCUT2D eigenvalue weighted by molar-refractivity contribution is 5.93. The molecule has 1 amide bonds. The van der Waals surface area contributed by atoms with E-state index in [1.54, 1.807) is 30.0 Å². The normalized spacial score (nSPS) is 10.9. The molecule has 0 aliphatic carbocycles. The van der Waals surface area contributed by atoms with Crippen LogP contribution in [0, 0.1) is 13.8 Å². The van der Waals surface area contributed by atoms with Crippen LogP contribution in [0.3, 0.4) is 0 Å². The first-order chi connectivity index (χ1) is 14.0. The Bertz CT molecular complexity index is 1200. The summed E-state index contributed by atoms with van der Waals surface area (Å²) < 4.78 is 6.87. The molecule has 0 atom stereocenters. The van der Waals surface area contributed by atoms with E-state index in [4.69, 9.17) is 4.74 Å². The van der Waals surface area contributed by atoms with Gasteiger partial charge in [-0.15, -0.1) is 0 Å². The third-order valence-electron chi connectivity index (χ3n) is 4.85. The van der Waals surface area contributed by atoms with E-state index in [-0.39, 0.29) is 5.91 Å². The monoisotopic (exact) mass is 386 g/mol. The van der Waals surface area contributed by atoms with E-state index in [1.807, 2.05) is 31.3 Å². The molecule has 0 spiro atoms. The van der Waals surface area contributed by atoms with Crippen LogP contribution in [0.15, 0.2) is 60.9 Å². The lowest BCUT2D eigenvalue weighted by Crippen LogP contribution is -2.23. The van der Waals surface area contributed by atoms with Gasteiger partial charge in [-0.05, 0) is 60.4 Å². The summed E-state index contributed by atoms with van der Waals surface area (Å²) in [5.41, 5.74) is 6.67. The second kappa shape index (κ2) is 7.75. The number of carbonyl (C=O) groups is 1. The minimum atomic E-state index is -0.209. The number of amides is 1. The van der Waals surface area contributed by atoms with E-state index in [2.05, 4.69) is 40.5 Å². The number of benzene rings is 1. The van der Waals surface area contributed by atoms with Crippen LogP contribution < -0.4 is 10.1 Å². The molecule has 0 fully saturated rings. The number of nitrogens with one attached hydrogen (secondary N) is 1. The van der Waals surface area contributed by atoms with Crippen molar-refractivity contribution in [1.29, 1.82) is 0 Å². The van der Waals surface area contributed by atoms with Crippen LogP contribution in [0.5, 0.6) is 5.75 Å². The fraction of sp³-hybridized carbons (Fsp3) is 0.174. The van der Waals surface area contributed by atoms with Crippen molar-refractivity contribution in [3.63, 3.8) is 0 Å². The molecule has 3 aromatic heterocycles. The highest BCUT2D eigenvalue weighted by Crippen LogP contribution is 2.24. The number of fused-ring (bicyclic) bond motifs is 1. The Morgan fingerprint density at radius 1 is 1.10 bits per heavy atom. The molecule has 1 aromatic carbocycles. The predicted molar refractivity (Wildman–Crippen MR) is 112 cm³/mol. The van der Waals surface area contributed by atoms with Gasteiger partial charge in [0.2, 0.25) is 0 Å². The third kappa shape index (κ3) is 3.96. The number of hydrogen-bond acceptors (Lipinski definition) is 4. The zero-order chi connectivity index (χ0) is 20.4. The maximum Gasteiger partial charge on any atom is 0.272 e. The fourth-order valence-corrected chi connectivity index (χ4v) is 3.36. The Hall–Kier alpha value is -3.67. The zero-order valence-electron chi connectivity index (χ0n) is 16.6. The van der Waals surface area contributed by atoms with E-state index in [9.17, 15) is 4.79 Å². The minimum absolute atomic E-state index is 0.209. The molecule has 0 saturated heterocycles. The molecule has 1 N–H and O–H groups in total. The van der Waals surface area contributed by atoms with E-state index in [0.29, 0.717) is 12.2 Å². The van der Waals surface area contributed by atoms with Crippen molar-refractivity contribution < 1.29 is 9.53 Å². The average molecular weight is 386 g/mol. The van der Waals surface area contributed by atoms with Gasteiger partial charge >= 0.3 is 0 Å². The standard InChI is InChI=1S/C23H22N4O2/c1-15-10-17(4-5-21(15)18-6-8-24-16(2)11-18)14-25-23(28)22-13-19-12-20(29-3)7-9-27(19)26-22/h4-13H,14H2,1-3H3,(H,25,28). The van der Waals surface area contributed by atoms with E-state index in [1.165, 1.54) is 5.56 Å². The molecule has 0 saturated carbocycles. The van der Waals surface area contributed by atoms with Gasteiger partial charge in [0.25, 0.3) is 5.91 Å². The summed E-state index contributed by atoms with van der Waals surface area (Å²) in [7, 11) is 1.61. The summed E-state index contributed by atoms with van der Waals surface area (Å²) >= 11 is 0. The van der Waals surface area contributed by atoms with Crippen molar-refractivity contribution in [2.75, 3.05) is 7.11 Å². The number of pyridine rings is 2. The van der Waals surface area contributed by atoms with Gasteiger partial charge in [-0.1, -0.05) is 18.2 Å². The molecular formula is C23H22N4O2. The van der Waals surface area contributed by atoms with Gasteiger partial charge in [-0.2, -0.15) is 5.10 Å². The number of rotatable bonds is 5.